The van der Waals surface area contributed by atoms with Gasteiger partial charge < -0.3 is 4.57 Å². The number of hydrogen-bond acceptors (Lipinski definition) is 1. The average molecular weight is 357 g/mol. The third-order valence-electron chi connectivity index (χ3n) is 5.92. The average Bonchev–Trinajstić information content (AvgIpc) is 2.92. The molecule has 0 saturated heterocycles. The number of hydrogen-bond donors (Lipinski definition) is 0. The van der Waals surface area contributed by atoms with Gasteiger partial charge in [0, 0.05) is 17.2 Å². The number of benzene rings is 1. The summed E-state index contributed by atoms with van der Waals surface area (Å²) in [7, 11) is -3.53. The Bertz CT molecular complexity index is 735. The Balaban J connectivity index is 2.81. The predicted molar refractivity (Wildman–Crippen MR) is 112 cm³/mol. The molecular weight excluding hydrogens is 324 g/mol. The summed E-state index contributed by atoms with van der Waals surface area (Å²) in [4.78, 5) is 5.00. The maximum absolute atomic E-state index is 5.00. The molecule has 1 aromatic heterocycles. The second kappa shape index (κ2) is 6.15. The van der Waals surface area contributed by atoms with Crippen molar-refractivity contribution in [1.82, 2.24) is 9.55 Å². The summed E-state index contributed by atoms with van der Waals surface area (Å²) in [5.74, 6) is 0. The summed E-state index contributed by atoms with van der Waals surface area (Å²) in [6.45, 7) is 23.1. The highest BCUT2D eigenvalue weighted by molar-refractivity contribution is 6.96. The van der Waals surface area contributed by atoms with Gasteiger partial charge in [-0.3, -0.25) is 0 Å². The highest BCUT2D eigenvalue weighted by atomic mass is 28.3. The van der Waals surface area contributed by atoms with Gasteiger partial charge in [0.25, 0.3) is 0 Å². The number of aromatic nitrogens is 2. The lowest BCUT2D eigenvalue weighted by atomic mass is 10.2. The molecule has 0 saturated carbocycles. The maximum Gasteiger partial charge on any atom is 0.132 e. The van der Waals surface area contributed by atoms with Crippen molar-refractivity contribution in [1.29, 1.82) is 0 Å². The Kier molecular flexibility index (Phi) is 4.86. The largest absolute Gasteiger partial charge is 0.309 e. The third kappa shape index (κ3) is 3.09. The minimum Gasteiger partial charge on any atom is -0.309 e. The molecule has 0 N–H and O–H groups in total. The lowest BCUT2D eigenvalue weighted by Gasteiger charge is -2.37. The number of imidazole rings is 1. The zero-order chi connectivity index (χ0) is 18.3. The van der Waals surface area contributed by atoms with E-state index in [1.54, 1.807) is 0 Å². The Labute approximate surface area is 149 Å². The molecule has 0 aliphatic carbocycles. The minimum absolute atomic E-state index is 0.247. The van der Waals surface area contributed by atoms with Gasteiger partial charge >= 0.3 is 0 Å². The molecule has 24 heavy (non-hydrogen) atoms. The van der Waals surface area contributed by atoms with E-state index < -0.39 is 16.1 Å². The fraction of sp³-hybridized carbons (Fsp3) is 0.450. The lowest BCUT2D eigenvalue weighted by molar-refractivity contribution is 0.725. The van der Waals surface area contributed by atoms with Gasteiger partial charge in [-0.25, -0.2) is 4.98 Å². The van der Waals surface area contributed by atoms with E-state index in [4.69, 9.17) is 4.98 Å². The monoisotopic (exact) mass is 356 g/mol. The summed E-state index contributed by atoms with van der Waals surface area (Å²) in [5, 5.41) is 2.90. The van der Waals surface area contributed by atoms with E-state index in [9.17, 15) is 0 Å². The molecule has 0 radical (unpaired) electrons. The van der Waals surface area contributed by atoms with Crippen molar-refractivity contribution in [3.63, 3.8) is 0 Å². The van der Waals surface area contributed by atoms with Crippen LogP contribution in [-0.2, 0) is 0 Å². The topological polar surface area (TPSA) is 17.8 Å². The van der Waals surface area contributed by atoms with Crippen molar-refractivity contribution in [3.05, 3.63) is 48.3 Å². The van der Waals surface area contributed by atoms with Crippen molar-refractivity contribution < 1.29 is 0 Å². The Hall–Kier alpha value is -1.40. The van der Waals surface area contributed by atoms with E-state index in [1.807, 2.05) is 0 Å². The quantitative estimate of drug-likeness (QED) is 0.731. The van der Waals surface area contributed by atoms with Crippen LogP contribution in [-0.4, -0.2) is 25.7 Å². The Morgan fingerprint density at radius 3 is 2.04 bits per heavy atom. The fourth-order valence-electron chi connectivity index (χ4n) is 2.63. The van der Waals surface area contributed by atoms with Crippen LogP contribution in [0.4, 0.5) is 0 Å². The molecule has 2 aromatic rings. The molecule has 2 nitrogen and oxygen atoms in total. The molecule has 0 atom stereocenters. The molecule has 130 valence electrons. The first kappa shape index (κ1) is 18.9. The number of rotatable bonds is 4. The van der Waals surface area contributed by atoms with Gasteiger partial charge in [-0.15, -0.1) is 6.58 Å². The van der Waals surface area contributed by atoms with Gasteiger partial charge in [-0.1, -0.05) is 70.4 Å². The Morgan fingerprint density at radius 2 is 1.58 bits per heavy atom. The van der Waals surface area contributed by atoms with Gasteiger partial charge in [0.2, 0.25) is 0 Å². The highest BCUT2D eigenvalue weighted by Crippen LogP contribution is 2.35. The summed E-state index contributed by atoms with van der Waals surface area (Å²) in [6, 6.07) is 10.7. The molecule has 4 heteroatoms. The standard InChI is InChI=1S/C20H32N2Si2/c1-16(2)23(6,7)18-15-21-19(24(8,9)20(3,4)5)22(18)17-13-11-10-12-14-17/h10-15H,1H2,2-9H3. The predicted octanol–water partition coefficient (Wildman–Crippen LogP) is 4.62. The van der Waals surface area contributed by atoms with Crippen LogP contribution in [0.5, 0.6) is 0 Å². The lowest BCUT2D eigenvalue weighted by Crippen LogP contribution is -2.57. The smallest absolute Gasteiger partial charge is 0.132 e. The molecule has 0 amide bonds. The van der Waals surface area contributed by atoms with Crippen LogP contribution >= 0.6 is 0 Å². The zero-order valence-electron chi connectivity index (χ0n) is 16.6. The first-order chi connectivity index (χ1) is 10.9. The highest BCUT2D eigenvalue weighted by Gasteiger charge is 2.43. The maximum atomic E-state index is 5.00. The molecule has 2 rings (SSSR count). The molecule has 0 spiro atoms. The fourth-order valence-corrected chi connectivity index (χ4v) is 6.22. The summed E-state index contributed by atoms with van der Waals surface area (Å²) in [5.41, 5.74) is 2.50. The molecule has 0 bridgehead atoms. The van der Waals surface area contributed by atoms with Gasteiger partial charge in [0.05, 0.1) is 5.45 Å². The first-order valence-corrected chi connectivity index (χ1v) is 14.7. The molecule has 1 aromatic carbocycles. The summed E-state index contributed by atoms with van der Waals surface area (Å²) >= 11 is 0. The van der Waals surface area contributed by atoms with Crippen molar-refractivity contribution in [2.75, 3.05) is 0 Å². The second-order valence-electron chi connectivity index (χ2n) is 8.92. The van der Waals surface area contributed by atoms with Crippen molar-refractivity contribution in [3.8, 4) is 5.69 Å². The number of allylic oxidation sites excluding steroid dienone is 1. The molecule has 1 heterocycles. The summed E-state index contributed by atoms with van der Waals surface area (Å²) in [6.07, 6.45) is 2.13. The van der Waals surface area contributed by atoms with Crippen LogP contribution in [0, 0.1) is 0 Å². The van der Waals surface area contributed by atoms with Crippen molar-refractivity contribution in [2.24, 2.45) is 0 Å². The normalized spacial score (nSPS) is 13.2. The van der Waals surface area contributed by atoms with Crippen molar-refractivity contribution in [2.45, 2.75) is 58.9 Å². The molecule has 0 unspecified atom stereocenters. The molecule has 0 aliphatic rings. The van der Waals surface area contributed by atoms with E-state index in [2.05, 4.69) is 102 Å². The minimum atomic E-state index is -1.77. The Morgan fingerprint density at radius 1 is 1.04 bits per heavy atom. The number of nitrogens with zero attached hydrogens (tertiary/aromatic N) is 2. The van der Waals surface area contributed by atoms with E-state index in [0.29, 0.717) is 0 Å². The van der Waals surface area contributed by atoms with Gasteiger partial charge in [0.1, 0.15) is 16.1 Å². The molecular formula is C20H32N2Si2. The first-order valence-electron chi connectivity index (χ1n) is 8.71. The van der Waals surface area contributed by atoms with Gasteiger partial charge in [-0.2, -0.15) is 0 Å². The summed E-state index contributed by atoms with van der Waals surface area (Å²) < 4.78 is 2.46. The number of para-hydroxylation sites is 1. The van der Waals surface area contributed by atoms with E-state index >= 15 is 0 Å². The zero-order valence-corrected chi connectivity index (χ0v) is 18.6. The van der Waals surface area contributed by atoms with Crippen LogP contribution in [0.3, 0.4) is 0 Å². The van der Waals surface area contributed by atoms with Crippen molar-refractivity contribution >= 4 is 26.9 Å². The molecule has 0 aliphatic heterocycles. The van der Waals surface area contributed by atoms with Gasteiger partial charge in [0.15, 0.2) is 0 Å². The van der Waals surface area contributed by atoms with Gasteiger partial charge in [-0.05, 0) is 24.1 Å². The van der Waals surface area contributed by atoms with Crippen LogP contribution < -0.4 is 10.8 Å². The van der Waals surface area contributed by atoms with E-state index in [1.165, 1.54) is 21.6 Å². The van der Waals surface area contributed by atoms with E-state index in [-0.39, 0.29) is 5.04 Å². The third-order valence-corrected chi connectivity index (χ3v) is 14.9. The molecule has 0 fully saturated rings. The van der Waals surface area contributed by atoms with Crippen LogP contribution in [0.25, 0.3) is 5.69 Å². The van der Waals surface area contributed by atoms with Crippen LogP contribution in [0.1, 0.15) is 27.7 Å². The van der Waals surface area contributed by atoms with Crippen LogP contribution in [0.2, 0.25) is 31.2 Å². The van der Waals surface area contributed by atoms with E-state index in [0.717, 1.165) is 0 Å². The SMILES string of the molecule is C=C(C)[Si](C)(C)c1cnc([Si](C)(C)C(C)(C)C)n1-c1ccccc1. The second-order valence-corrected chi connectivity index (χ2v) is 18.7. The van der Waals surface area contributed by atoms with Crippen LogP contribution in [0.15, 0.2) is 48.3 Å².